The summed E-state index contributed by atoms with van der Waals surface area (Å²) in [5.41, 5.74) is 1.06. The summed E-state index contributed by atoms with van der Waals surface area (Å²) in [5.74, 6) is 2.32. The molecule has 1 aromatic carbocycles. The minimum atomic E-state index is -0.201. The second kappa shape index (κ2) is 11.2. The highest BCUT2D eigenvalue weighted by atomic mass is 32.2. The monoisotopic (exact) mass is 412 g/mol. The lowest BCUT2D eigenvalue weighted by molar-refractivity contribution is 0.626. The van der Waals surface area contributed by atoms with E-state index in [0.29, 0.717) is 6.54 Å². The molecule has 0 aliphatic heterocycles. The van der Waals surface area contributed by atoms with Crippen LogP contribution < -0.4 is 10.6 Å². The Kier molecular flexibility index (Phi) is 8.06. The number of pyridine rings is 1. The van der Waals surface area contributed by atoms with E-state index < -0.39 is 0 Å². The summed E-state index contributed by atoms with van der Waals surface area (Å²) in [6, 6.07) is 12.4. The van der Waals surface area contributed by atoms with E-state index in [1.54, 1.807) is 28.8 Å². The summed E-state index contributed by atoms with van der Waals surface area (Å²) in [6.45, 7) is 4.21. The van der Waals surface area contributed by atoms with Gasteiger partial charge in [0.05, 0.1) is 6.54 Å². The third-order valence-electron chi connectivity index (χ3n) is 4.01. The fourth-order valence-electron chi connectivity index (χ4n) is 2.60. The third kappa shape index (κ3) is 6.90. The number of hydrogen-bond donors (Lipinski definition) is 2. The maximum absolute atomic E-state index is 12.9. The van der Waals surface area contributed by atoms with Crippen LogP contribution in [-0.2, 0) is 6.54 Å². The first kappa shape index (κ1) is 20.9. The summed E-state index contributed by atoms with van der Waals surface area (Å²) < 4.78 is 14.7. The minimum Gasteiger partial charge on any atom is -0.357 e. The molecule has 0 spiro atoms. The third-order valence-corrected chi connectivity index (χ3v) is 5.11. The average molecular weight is 413 g/mol. The largest absolute Gasteiger partial charge is 0.357 e. The molecule has 0 radical (unpaired) electrons. The summed E-state index contributed by atoms with van der Waals surface area (Å²) in [6.07, 6.45) is 6.35. The van der Waals surface area contributed by atoms with Crippen molar-refractivity contribution >= 4 is 17.7 Å². The van der Waals surface area contributed by atoms with Crippen LogP contribution in [0.25, 0.3) is 5.82 Å². The lowest BCUT2D eigenvalue weighted by Crippen LogP contribution is -2.37. The molecule has 152 valence electrons. The zero-order chi connectivity index (χ0) is 20.3. The Balaban J connectivity index is 1.47. The van der Waals surface area contributed by atoms with Gasteiger partial charge in [-0.1, -0.05) is 0 Å². The predicted molar refractivity (Wildman–Crippen MR) is 116 cm³/mol. The minimum absolute atomic E-state index is 0.201. The van der Waals surface area contributed by atoms with Gasteiger partial charge in [-0.05, 0) is 67.1 Å². The molecule has 0 amide bonds. The zero-order valence-corrected chi connectivity index (χ0v) is 17.2. The quantitative estimate of drug-likeness (QED) is 0.243. The van der Waals surface area contributed by atoms with Crippen LogP contribution in [0.4, 0.5) is 4.39 Å². The van der Waals surface area contributed by atoms with Crippen molar-refractivity contribution < 1.29 is 4.39 Å². The number of nitrogens with zero attached hydrogens (tertiary/aromatic N) is 4. The van der Waals surface area contributed by atoms with Crippen LogP contribution in [0.3, 0.4) is 0 Å². The SMILES string of the molecule is CCNC(=NCc1ccnc(-n2cccn2)c1)NCCCSc1ccc(F)cc1. The molecule has 6 nitrogen and oxygen atoms in total. The van der Waals surface area contributed by atoms with Gasteiger partial charge in [0.25, 0.3) is 0 Å². The molecule has 2 N–H and O–H groups in total. The predicted octanol–water partition coefficient (Wildman–Crippen LogP) is 3.64. The molecule has 0 atom stereocenters. The van der Waals surface area contributed by atoms with Gasteiger partial charge in [0.2, 0.25) is 0 Å². The number of thioether (sulfide) groups is 1. The summed E-state index contributed by atoms with van der Waals surface area (Å²) in [4.78, 5) is 10.1. The van der Waals surface area contributed by atoms with Crippen molar-refractivity contribution in [1.82, 2.24) is 25.4 Å². The zero-order valence-electron chi connectivity index (χ0n) is 16.4. The van der Waals surface area contributed by atoms with E-state index in [9.17, 15) is 4.39 Å². The Morgan fingerprint density at radius 3 is 2.79 bits per heavy atom. The van der Waals surface area contributed by atoms with Crippen LogP contribution in [0.15, 0.2) is 70.9 Å². The van der Waals surface area contributed by atoms with E-state index in [-0.39, 0.29) is 5.82 Å². The molecule has 0 saturated carbocycles. The van der Waals surface area contributed by atoms with Gasteiger partial charge in [-0.3, -0.25) is 0 Å². The Bertz CT molecular complexity index is 896. The van der Waals surface area contributed by atoms with Crippen LogP contribution in [0.1, 0.15) is 18.9 Å². The van der Waals surface area contributed by atoms with Crippen molar-refractivity contribution in [3.8, 4) is 5.82 Å². The Morgan fingerprint density at radius 1 is 1.17 bits per heavy atom. The molecular formula is C21H25FN6S. The van der Waals surface area contributed by atoms with Crippen LogP contribution in [-0.4, -0.2) is 39.6 Å². The number of aliphatic imine (C=N–C) groups is 1. The van der Waals surface area contributed by atoms with Crippen LogP contribution in [0.5, 0.6) is 0 Å². The summed E-state index contributed by atoms with van der Waals surface area (Å²) in [5, 5.41) is 10.8. The van der Waals surface area contributed by atoms with Gasteiger partial charge in [-0.2, -0.15) is 5.10 Å². The normalized spacial score (nSPS) is 11.4. The number of benzene rings is 1. The van der Waals surface area contributed by atoms with Gasteiger partial charge in [0, 0.05) is 36.6 Å². The lowest BCUT2D eigenvalue weighted by atomic mass is 10.2. The van der Waals surface area contributed by atoms with Crippen LogP contribution >= 0.6 is 11.8 Å². The maximum atomic E-state index is 12.9. The summed E-state index contributed by atoms with van der Waals surface area (Å²) in [7, 11) is 0. The second-order valence-corrected chi connectivity index (χ2v) is 7.42. The maximum Gasteiger partial charge on any atom is 0.191 e. The highest BCUT2D eigenvalue weighted by molar-refractivity contribution is 7.99. The fourth-order valence-corrected chi connectivity index (χ4v) is 3.45. The number of halogens is 1. The molecule has 0 unspecified atom stereocenters. The van der Waals surface area contributed by atoms with E-state index in [4.69, 9.17) is 0 Å². The molecule has 2 aromatic heterocycles. The number of guanidine groups is 1. The second-order valence-electron chi connectivity index (χ2n) is 6.25. The number of aromatic nitrogens is 3. The van der Waals surface area contributed by atoms with E-state index in [0.717, 1.165) is 47.5 Å². The molecule has 8 heteroatoms. The van der Waals surface area contributed by atoms with Crippen LogP contribution in [0, 0.1) is 5.82 Å². The van der Waals surface area contributed by atoms with Crippen molar-refractivity contribution in [3.05, 3.63) is 72.4 Å². The van der Waals surface area contributed by atoms with Gasteiger partial charge in [0.1, 0.15) is 5.82 Å². The van der Waals surface area contributed by atoms with E-state index in [1.807, 2.05) is 43.5 Å². The molecule has 0 bridgehead atoms. The standard InChI is InChI=1S/C21H25FN6S/c1-2-23-21(25-10-4-14-29-19-7-5-18(22)6-8-19)26-16-17-9-12-24-20(15-17)28-13-3-11-27-28/h3,5-9,11-13,15H,2,4,10,14,16H2,1H3,(H2,23,25,26). The van der Waals surface area contributed by atoms with E-state index >= 15 is 0 Å². The van der Waals surface area contributed by atoms with Gasteiger partial charge >= 0.3 is 0 Å². The van der Waals surface area contributed by atoms with Gasteiger partial charge in [-0.15, -0.1) is 11.8 Å². The molecule has 29 heavy (non-hydrogen) atoms. The number of rotatable bonds is 9. The van der Waals surface area contributed by atoms with Crippen molar-refractivity contribution in [2.24, 2.45) is 4.99 Å². The topological polar surface area (TPSA) is 67.1 Å². The lowest BCUT2D eigenvalue weighted by Gasteiger charge is -2.11. The molecule has 2 heterocycles. The number of hydrogen-bond acceptors (Lipinski definition) is 4. The Morgan fingerprint density at radius 2 is 2.03 bits per heavy atom. The molecule has 0 saturated heterocycles. The molecule has 3 rings (SSSR count). The van der Waals surface area contributed by atoms with Gasteiger partial charge < -0.3 is 10.6 Å². The van der Waals surface area contributed by atoms with Gasteiger partial charge in [-0.25, -0.2) is 19.0 Å². The van der Waals surface area contributed by atoms with Crippen LogP contribution in [0.2, 0.25) is 0 Å². The van der Waals surface area contributed by atoms with E-state index in [1.165, 1.54) is 12.1 Å². The first-order valence-electron chi connectivity index (χ1n) is 9.60. The molecule has 0 aliphatic rings. The highest BCUT2D eigenvalue weighted by Crippen LogP contribution is 2.18. The molecular weight excluding hydrogens is 387 g/mol. The molecule has 3 aromatic rings. The first-order valence-corrected chi connectivity index (χ1v) is 10.6. The fraction of sp³-hybridized carbons (Fsp3) is 0.286. The average Bonchev–Trinajstić information content (AvgIpc) is 3.28. The highest BCUT2D eigenvalue weighted by Gasteiger charge is 2.02. The number of nitrogens with one attached hydrogen (secondary N) is 2. The summed E-state index contributed by atoms with van der Waals surface area (Å²) >= 11 is 1.72. The van der Waals surface area contributed by atoms with Crippen molar-refractivity contribution in [2.75, 3.05) is 18.8 Å². The van der Waals surface area contributed by atoms with Crippen molar-refractivity contribution in [1.29, 1.82) is 0 Å². The molecule has 0 fully saturated rings. The molecule has 0 aliphatic carbocycles. The van der Waals surface area contributed by atoms with Gasteiger partial charge in [0.15, 0.2) is 11.8 Å². The smallest absolute Gasteiger partial charge is 0.191 e. The van der Waals surface area contributed by atoms with Crippen molar-refractivity contribution in [3.63, 3.8) is 0 Å². The van der Waals surface area contributed by atoms with E-state index in [2.05, 4.69) is 25.7 Å². The Labute approximate surface area is 174 Å². The Hall–Kier alpha value is -2.87. The first-order chi connectivity index (χ1) is 14.2. The van der Waals surface area contributed by atoms with Crippen molar-refractivity contribution in [2.45, 2.75) is 24.8 Å².